The molecule has 0 saturated heterocycles. The Morgan fingerprint density at radius 1 is 0.582 bits per heavy atom. The standard InChI is InChI=1S/C45H80NO8P/c1-6-8-10-12-14-16-18-19-20-21-22-23-24-25-26-27-28-30-32-34-36-38-45(48)54-43(42-53-55(49,50)52-40-39-46(3,4)5)41-51-44(47)37-35-33-31-29-17-15-13-11-9-7-2/h8,10-11,13-14,16,19-20,22-23,43H,6-7,9,12,15,17-18,21,24-42H2,1-5H3/b10-8-,13-11-,16-14-,20-19-,23-22-. The summed E-state index contributed by atoms with van der Waals surface area (Å²) in [6.07, 6.45) is 43.9. The molecule has 0 aromatic carbocycles. The third kappa shape index (κ3) is 41.2. The fourth-order valence-corrected chi connectivity index (χ4v) is 6.14. The summed E-state index contributed by atoms with van der Waals surface area (Å²) in [4.78, 5) is 37.4. The number of hydrogen-bond acceptors (Lipinski definition) is 8. The number of allylic oxidation sites excluding steroid dienone is 10. The van der Waals surface area contributed by atoms with Gasteiger partial charge in [0.2, 0.25) is 0 Å². The molecule has 0 aromatic heterocycles. The summed E-state index contributed by atoms with van der Waals surface area (Å²) in [5.74, 6) is -0.862. The average molecular weight is 794 g/mol. The lowest BCUT2D eigenvalue weighted by Crippen LogP contribution is -2.37. The minimum atomic E-state index is -4.63. The maximum absolute atomic E-state index is 12.7. The molecule has 0 fully saturated rings. The third-order valence-corrected chi connectivity index (χ3v) is 9.72. The summed E-state index contributed by atoms with van der Waals surface area (Å²) >= 11 is 0. The number of carbonyl (C=O) groups is 2. The Morgan fingerprint density at radius 2 is 1.04 bits per heavy atom. The van der Waals surface area contributed by atoms with E-state index in [9.17, 15) is 19.0 Å². The van der Waals surface area contributed by atoms with Crippen LogP contribution in [0.1, 0.15) is 162 Å². The molecule has 0 aliphatic rings. The van der Waals surface area contributed by atoms with Gasteiger partial charge in [0.15, 0.2) is 6.10 Å². The van der Waals surface area contributed by atoms with Crippen molar-refractivity contribution in [1.82, 2.24) is 0 Å². The number of phosphoric acid groups is 1. The Morgan fingerprint density at radius 3 is 1.56 bits per heavy atom. The molecule has 2 atom stereocenters. The number of phosphoric ester groups is 1. The van der Waals surface area contributed by atoms with Crippen LogP contribution in [0.2, 0.25) is 0 Å². The largest absolute Gasteiger partial charge is 0.756 e. The smallest absolute Gasteiger partial charge is 0.306 e. The molecule has 0 aliphatic carbocycles. The first-order valence-corrected chi connectivity index (χ1v) is 23.0. The number of ether oxygens (including phenoxy) is 2. The Labute approximate surface area is 336 Å². The second-order valence-corrected chi connectivity index (χ2v) is 16.7. The highest BCUT2D eigenvalue weighted by molar-refractivity contribution is 7.45. The Bertz CT molecular complexity index is 1120. The van der Waals surface area contributed by atoms with Crippen LogP contribution in [0.3, 0.4) is 0 Å². The summed E-state index contributed by atoms with van der Waals surface area (Å²) in [7, 11) is 1.14. The van der Waals surface area contributed by atoms with E-state index in [0.717, 1.165) is 89.9 Å². The van der Waals surface area contributed by atoms with Crippen LogP contribution < -0.4 is 4.89 Å². The first kappa shape index (κ1) is 52.7. The highest BCUT2D eigenvalue weighted by Gasteiger charge is 2.21. The van der Waals surface area contributed by atoms with Crippen LogP contribution in [-0.4, -0.2) is 70.0 Å². The van der Waals surface area contributed by atoms with Crippen LogP contribution in [-0.2, 0) is 32.7 Å². The van der Waals surface area contributed by atoms with Crippen molar-refractivity contribution in [2.24, 2.45) is 0 Å². The monoisotopic (exact) mass is 794 g/mol. The van der Waals surface area contributed by atoms with E-state index in [-0.39, 0.29) is 26.1 Å². The zero-order chi connectivity index (χ0) is 40.7. The van der Waals surface area contributed by atoms with Gasteiger partial charge in [0.1, 0.15) is 19.8 Å². The van der Waals surface area contributed by atoms with Crippen LogP contribution in [0, 0.1) is 0 Å². The Kier molecular flexibility index (Phi) is 35.7. The molecule has 55 heavy (non-hydrogen) atoms. The zero-order valence-electron chi connectivity index (χ0n) is 35.6. The summed E-state index contributed by atoms with van der Waals surface area (Å²) in [5, 5.41) is 0. The summed E-state index contributed by atoms with van der Waals surface area (Å²) < 4.78 is 33.8. The van der Waals surface area contributed by atoms with Gasteiger partial charge in [-0.2, -0.15) is 0 Å². The molecule has 0 aromatic rings. The van der Waals surface area contributed by atoms with Gasteiger partial charge in [0, 0.05) is 12.8 Å². The molecular weight excluding hydrogens is 713 g/mol. The zero-order valence-corrected chi connectivity index (χ0v) is 36.5. The lowest BCUT2D eigenvalue weighted by atomic mass is 10.1. The van der Waals surface area contributed by atoms with Crippen LogP contribution in [0.15, 0.2) is 60.8 Å². The summed E-state index contributed by atoms with van der Waals surface area (Å²) in [6.45, 7) is 4.01. The van der Waals surface area contributed by atoms with Gasteiger partial charge < -0.3 is 27.9 Å². The number of carbonyl (C=O) groups excluding carboxylic acids is 2. The van der Waals surface area contributed by atoms with Crippen molar-refractivity contribution in [1.29, 1.82) is 0 Å². The predicted octanol–water partition coefficient (Wildman–Crippen LogP) is 11.4. The molecule has 0 spiro atoms. The topological polar surface area (TPSA) is 111 Å². The van der Waals surface area contributed by atoms with Gasteiger partial charge in [-0.3, -0.25) is 14.2 Å². The van der Waals surface area contributed by atoms with Crippen molar-refractivity contribution in [2.75, 3.05) is 47.5 Å². The SMILES string of the molecule is CC/C=C\C/C=C\C/C=C\C/C=C\CCCCCCCCCCC(=O)OC(COC(=O)CCCCCCC/C=C\CCC)COP(=O)([O-])OCC[N+](C)(C)C. The second kappa shape index (κ2) is 37.3. The molecule has 318 valence electrons. The minimum Gasteiger partial charge on any atom is -0.756 e. The first-order valence-electron chi connectivity index (χ1n) is 21.5. The van der Waals surface area contributed by atoms with E-state index in [1.165, 1.54) is 32.1 Å². The molecule has 0 aliphatic heterocycles. The van der Waals surface area contributed by atoms with E-state index in [0.29, 0.717) is 23.9 Å². The van der Waals surface area contributed by atoms with Crippen LogP contribution in [0.4, 0.5) is 0 Å². The van der Waals surface area contributed by atoms with Gasteiger partial charge in [-0.25, -0.2) is 0 Å². The summed E-state index contributed by atoms with van der Waals surface area (Å²) in [6, 6.07) is 0. The number of esters is 2. The molecule has 0 heterocycles. The van der Waals surface area contributed by atoms with Crippen molar-refractivity contribution in [3.63, 3.8) is 0 Å². The lowest BCUT2D eigenvalue weighted by Gasteiger charge is -2.28. The molecule has 2 unspecified atom stereocenters. The Hall–Kier alpha value is -2.29. The fourth-order valence-electron chi connectivity index (χ4n) is 5.41. The van der Waals surface area contributed by atoms with Gasteiger partial charge in [-0.15, -0.1) is 0 Å². The van der Waals surface area contributed by atoms with Crippen molar-refractivity contribution in [3.8, 4) is 0 Å². The van der Waals surface area contributed by atoms with Crippen molar-refractivity contribution in [2.45, 2.75) is 168 Å². The van der Waals surface area contributed by atoms with Crippen molar-refractivity contribution < 1.29 is 42.1 Å². The molecular formula is C45H80NO8P. The van der Waals surface area contributed by atoms with Gasteiger partial charge in [0.05, 0.1) is 27.7 Å². The number of hydrogen-bond donors (Lipinski definition) is 0. The quantitative estimate of drug-likeness (QED) is 0.0200. The van der Waals surface area contributed by atoms with Crippen LogP contribution in [0.5, 0.6) is 0 Å². The lowest BCUT2D eigenvalue weighted by molar-refractivity contribution is -0.870. The van der Waals surface area contributed by atoms with Crippen molar-refractivity contribution in [3.05, 3.63) is 60.8 Å². The van der Waals surface area contributed by atoms with E-state index in [2.05, 4.69) is 74.6 Å². The predicted molar refractivity (Wildman–Crippen MR) is 226 cm³/mol. The molecule has 0 radical (unpaired) electrons. The van der Waals surface area contributed by atoms with Crippen LogP contribution >= 0.6 is 7.82 Å². The Balaban J connectivity index is 4.33. The molecule has 0 N–H and O–H groups in total. The van der Waals surface area contributed by atoms with Gasteiger partial charge in [-0.1, -0.05) is 139 Å². The molecule has 9 nitrogen and oxygen atoms in total. The number of unbranched alkanes of at least 4 members (excludes halogenated alkanes) is 14. The normalized spacial score (nSPS) is 14.2. The highest BCUT2D eigenvalue weighted by Crippen LogP contribution is 2.38. The van der Waals surface area contributed by atoms with Crippen LogP contribution in [0.25, 0.3) is 0 Å². The van der Waals surface area contributed by atoms with Gasteiger partial charge >= 0.3 is 11.9 Å². The van der Waals surface area contributed by atoms with E-state index >= 15 is 0 Å². The molecule has 0 amide bonds. The fraction of sp³-hybridized carbons (Fsp3) is 0.733. The number of nitrogens with zero attached hydrogens (tertiary/aromatic N) is 1. The average Bonchev–Trinajstić information content (AvgIpc) is 3.13. The number of quaternary nitrogens is 1. The van der Waals surface area contributed by atoms with E-state index < -0.39 is 32.5 Å². The minimum absolute atomic E-state index is 0.0364. The van der Waals surface area contributed by atoms with E-state index in [4.69, 9.17) is 18.5 Å². The van der Waals surface area contributed by atoms with E-state index in [1.807, 2.05) is 21.1 Å². The molecule has 0 bridgehead atoms. The first-order chi connectivity index (χ1) is 26.5. The number of rotatable bonds is 38. The molecule has 0 saturated carbocycles. The van der Waals surface area contributed by atoms with Gasteiger partial charge in [-0.05, 0) is 70.6 Å². The number of likely N-dealkylation sites (N-methyl/N-ethyl adjacent to an activating group) is 1. The maximum atomic E-state index is 12.7. The van der Waals surface area contributed by atoms with E-state index in [1.54, 1.807) is 0 Å². The molecule has 10 heteroatoms. The second-order valence-electron chi connectivity index (χ2n) is 15.3. The third-order valence-electron chi connectivity index (χ3n) is 8.75. The maximum Gasteiger partial charge on any atom is 0.306 e. The van der Waals surface area contributed by atoms with Crippen molar-refractivity contribution >= 4 is 19.8 Å². The van der Waals surface area contributed by atoms with Gasteiger partial charge in [0.25, 0.3) is 7.82 Å². The molecule has 0 rings (SSSR count). The highest BCUT2D eigenvalue weighted by atomic mass is 31.2. The summed E-state index contributed by atoms with van der Waals surface area (Å²) in [5.41, 5.74) is 0.